The number of rotatable bonds is 5. The molecule has 5 rings (SSSR count). The molecule has 6 nitrogen and oxygen atoms in total. The van der Waals surface area contributed by atoms with Crippen LogP contribution in [0, 0.1) is 0 Å². The molecule has 0 saturated carbocycles. The summed E-state index contributed by atoms with van der Waals surface area (Å²) in [6, 6.07) is 19.0. The second kappa shape index (κ2) is 8.62. The van der Waals surface area contributed by atoms with Crippen molar-refractivity contribution in [3.63, 3.8) is 0 Å². The number of hydrogen-bond donors (Lipinski definition) is 0. The van der Waals surface area contributed by atoms with Crippen molar-refractivity contribution < 1.29 is 23.5 Å². The summed E-state index contributed by atoms with van der Waals surface area (Å²) in [7, 11) is 3.15. The van der Waals surface area contributed by atoms with Crippen molar-refractivity contribution in [2.75, 3.05) is 19.1 Å². The molecule has 33 heavy (non-hydrogen) atoms. The van der Waals surface area contributed by atoms with Crippen LogP contribution in [0.2, 0.25) is 0 Å². The number of carbonyl (C=O) groups is 2. The van der Waals surface area contributed by atoms with Gasteiger partial charge in [0.2, 0.25) is 5.91 Å². The van der Waals surface area contributed by atoms with Crippen molar-refractivity contribution in [1.82, 2.24) is 0 Å². The van der Waals surface area contributed by atoms with Gasteiger partial charge in [0.05, 0.1) is 32.1 Å². The molecule has 6 heteroatoms. The quantitative estimate of drug-likeness (QED) is 0.541. The third-order valence-corrected chi connectivity index (χ3v) is 6.51. The van der Waals surface area contributed by atoms with Gasteiger partial charge in [0.1, 0.15) is 17.3 Å². The Morgan fingerprint density at radius 2 is 1.73 bits per heavy atom. The van der Waals surface area contributed by atoms with Crippen LogP contribution in [0.25, 0.3) is 0 Å². The molecule has 0 bridgehead atoms. The van der Waals surface area contributed by atoms with Crippen LogP contribution in [0.1, 0.15) is 42.4 Å². The van der Waals surface area contributed by atoms with Gasteiger partial charge in [-0.05, 0) is 42.2 Å². The number of furan rings is 1. The number of nitrogens with zero attached hydrogens (tertiary/aromatic N) is 1. The molecule has 0 fully saturated rings. The fraction of sp³-hybridized carbons (Fsp3) is 0.259. The minimum absolute atomic E-state index is 0.0142. The molecule has 0 saturated heterocycles. The average Bonchev–Trinajstić information content (AvgIpc) is 3.38. The number of anilines is 1. The Morgan fingerprint density at radius 1 is 0.909 bits per heavy atom. The summed E-state index contributed by atoms with van der Waals surface area (Å²) in [6.45, 7) is 0. The summed E-state index contributed by atoms with van der Waals surface area (Å²) in [5.74, 6) is 1.32. The Bertz CT molecular complexity index is 1210. The molecule has 0 radical (unpaired) electrons. The standard InChI is InChI=1S/C27H25NO5/c1-31-19-10-11-25(32-2)21(15-19)28-22-13-18(17-7-4-3-5-8-17)14-23(29)27(22)20(16-26(28)30)24-9-6-12-33-24/h3-12,15,18,20H,13-14,16H2,1-2H3. The Hall–Kier alpha value is -3.80. The summed E-state index contributed by atoms with van der Waals surface area (Å²) < 4.78 is 16.7. The number of Topliss-reactive ketones (excluding diaryl/α,β-unsaturated/α-hetero) is 1. The molecule has 2 unspecified atom stereocenters. The summed E-state index contributed by atoms with van der Waals surface area (Å²) in [5.41, 5.74) is 3.03. The minimum atomic E-state index is -0.389. The normalized spacial score (nSPS) is 20.6. The fourth-order valence-electron chi connectivity index (χ4n) is 4.98. The van der Waals surface area contributed by atoms with Gasteiger partial charge in [-0.15, -0.1) is 0 Å². The third kappa shape index (κ3) is 3.71. The number of ketones is 1. The lowest BCUT2D eigenvalue weighted by atomic mass is 9.74. The van der Waals surface area contributed by atoms with Crippen LogP contribution >= 0.6 is 0 Å². The van der Waals surface area contributed by atoms with E-state index in [0.717, 1.165) is 5.56 Å². The van der Waals surface area contributed by atoms with Gasteiger partial charge in [0, 0.05) is 30.2 Å². The topological polar surface area (TPSA) is 69.0 Å². The van der Waals surface area contributed by atoms with Crippen molar-refractivity contribution >= 4 is 17.4 Å². The Balaban J connectivity index is 1.68. The second-order valence-corrected chi connectivity index (χ2v) is 8.34. The molecular formula is C27H25NO5. The largest absolute Gasteiger partial charge is 0.497 e. The highest BCUT2D eigenvalue weighted by Crippen LogP contribution is 2.48. The van der Waals surface area contributed by atoms with Crippen molar-refractivity contribution in [3.8, 4) is 11.5 Å². The summed E-state index contributed by atoms with van der Waals surface area (Å²) >= 11 is 0. The van der Waals surface area contributed by atoms with Gasteiger partial charge < -0.3 is 13.9 Å². The zero-order valence-electron chi connectivity index (χ0n) is 18.6. The van der Waals surface area contributed by atoms with E-state index >= 15 is 0 Å². The number of carbonyl (C=O) groups excluding carboxylic acids is 2. The molecule has 2 atom stereocenters. The third-order valence-electron chi connectivity index (χ3n) is 6.51. The first kappa shape index (κ1) is 21.1. The lowest BCUT2D eigenvalue weighted by Gasteiger charge is -2.40. The molecule has 1 aliphatic heterocycles. The first-order valence-electron chi connectivity index (χ1n) is 11.0. The highest BCUT2D eigenvalue weighted by atomic mass is 16.5. The molecular weight excluding hydrogens is 418 g/mol. The van der Waals surface area contributed by atoms with Gasteiger partial charge >= 0.3 is 0 Å². The van der Waals surface area contributed by atoms with Crippen LogP contribution in [-0.4, -0.2) is 25.9 Å². The van der Waals surface area contributed by atoms with Gasteiger partial charge in [-0.3, -0.25) is 14.5 Å². The van der Waals surface area contributed by atoms with Crippen LogP contribution in [0.3, 0.4) is 0 Å². The van der Waals surface area contributed by atoms with Crippen molar-refractivity contribution in [3.05, 3.63) is 89.5 Å². The maximum Gasteiger partial charge on any atom is 0.232 e. The lowest BCUT2D eigenvalue weighted by Crippen LogP contribution is -2.42. The Morgan fingerprint density at radius 3 is 2.42 bits per heavy atom. The van der Waals surface area contributed by atoms with Gasteiger partial charge in [0.25, 0.3) is 0 Å². The second-order valence-electron chi connectivity index (χ2n) is 8.34. The van der Waals surface area contributed by atoms with E-state index in [9.17, 15) is 9.59 Å². The van der Waals surface area contributed by atoms with E-state index in [0.29, 0.717) is 47.1 Å². The first-order chi connectivity index (χ1) is 16.1. The smallest absolute Gasteiger partial charge is 0.232 e. The summed E-state index contributed by atoms with van der Waals surface area (Å²) in [6.07, 6.45) is 2.69. The SMILES string of the molecule is COc1ccc(OC)c(N2C(=O)CC(c3ccco3)C3=C2CC(c2ccccc2)CC3=O)c1. The van der Waals surface area contributed by atoms with Crippen molar-refractivity contribution in [1.29, 1.82) is 0 Å². The van der Waals surface area contributed by atoms with Crippen LogP contribution in [-0.2, 0) is 9.59 Å². The minimum Gasteiger partial charge on any atom is -0.497 e. The zero-order chi connectivity index (χ0) is 22.9. The molecule has 0 N–H and O–H groups in total. The summed E-state index contributed by atoms with van der Waals surface area (Å²) in [4.78, 5) is 28.9. The fourth-order valence-corrected chi connectivity index (χ4v) is 4.98. The van der Waals surface area contributed by atoms with Crippen LogP contribution in [0.15, 0.2) is 82.6 Å². The predicted molar refractivity (Wildman–Crippen MR) is 124 cm³/mol. The van der Waals surface area contributed by atoms with E-state index in [4.69, 9.17) is 13.9 Å². The van der Waals surface area contributed by atoms with E-state index < -0.39 is 0 Å². The van der Waals surface area contributed by atoms with Gasteiger partial charge in [-0.25, -0.2) is 0 Å². The van der Waals surface area contributed by atoms with Gasteiger partial charge in [-0.2, -0.15) is 0 Å². The van der Waals surface area contributed by atoms with Crippen LogP contribution in [0.5, 0.6) is 11.5 Å². The molecule has 2 aliphatic rings. The maximum atomic E-state index is 13.6. The van der Waals surface area contributed by atoms with E-state index in [-0.39, 0.29) is 29.9 Å². The van der Waals surface area contributed by atoms with E-state index in [1.807, 2.05) is 36.4 Å². The molecule has 168 valence electrons. The average molecular weight is 443 g/mol. The highest BCUT2D eigenvalue weighted by molar-refractivity contribution is 6.08. The van der Waals surface area contributed by atoms with E-state index in [1.54, 1.807) is 49.6 Å². The molecule has 0 spiro atoms. The molecule has 3 aromatic rings. The molecule has 1 aromatic heterocycles. The summed E-state index contributed by atoms with van der Waals surface area (Å²) in [5, 5.41) is 0. The maximum absolute atomic E-state index is 13.6. The number of ether oxygens (including phenoxy) is 2. The first-order valence-corrected chi connectivity index (χ1v) is 11.0. The number of methoxy groups -OCH3 is 2. The number of benzene rings is 2. The molecule has 2 heterocycles. The molecule has 2 aromatic carbocycles. The number of amides is 1. The van der Waals surface area contributed by atoms with Crippen molar-refractivity contribution in [2.24, 2.45) is 0 Å². The van der Waals surface area contributed by atoms with Gasteiger partial charge in [-0.1, -0.05) is 30.3 Å². The zero-order valence-corrected chi connectivity index (χ0v) is 18.6. The highest BCUT2D eigenvalue weighted by Gasteiger charge is 2.44. The molecule has 1 amide bonds. The number of allylic oxidation sites excluding steroid dienone is 2. The monoisotopic (exact) mass is 443 g/mol. The predicted octanol–water partition coefficient (Wildman–Crippen LogP) is 5.22. The van der Waals surface area contributed by atoms with Crippen molar-refractivity contribution in [2.45, 2.75) is 31.1 Å². The lowest BCUT2D eigenvalue weighted by molar-refractivity contribution is -0.120. The number of hydrogen-bond acceptors (Lipinski definition) is 5. The Labute approximate surface area is 192 Å². The van der Waals surface area contributed by atoms with Crippen LogP contribution in [0.4, 0.5) is 5.69 Å². The Kier molecular flexibility index (Phi) is 5.50. The van der Waals surface area contributed by atoms with E-state index in [1.165, 1.54) is 0 Å². The molecule has 1 aliphatic carbocycles. The van der Waals surface area contributed by atoms with Crippen LogP contribution < -0.4 is 14.4 Å². The van der Waals surface area contributed by atoms with E-state index in [2.05, 4.69) is 0 Å². The van der Waals surface area contributed by atoms with Gasteiger partial charge in [0.15, 0.2) is 5.78 Å².